The highest BCUT2D eigenvalue weighted by Gasteiger charge is 2.34. The molecule has 28 heavy (non-hydrogen) atoms. The molecule has 0 amide bonds. The van der Waals surface area contributed by atoms with Gasteiger partial charge < -0.3 is 9.30 Å². The lowest BCUT2D eigenvalue weighted by Crippen LogP contribution is -2.12. The molecule has 0 saturated carbocycles. The van der Waals surface area contributed by atoms with E-state index in [-0.39, 0.29) is 23.1 Å². The second kappa shape index (κ2) is 8.14. The highest BCUT2D eigenvalue weighted by Crippen LogP contribution is 2.33. The number of carbonyl (C=O) groups is 1. The van der Waals surface area contributed by atoms with E-state index in [0.29, 0.717) is 29.5 Å². The number of aromatic nitrogens is 3. The smallest absolute Gasteiger partial charge is 0.319 e. The summed E-state index contributed by atoms with van der Waals surface area (Å²) in [6.45, 7) is 2.46. The molecule has 2 heterocycles. The number of hydrogen-bond acceptors (Lipinski definition) is 5. The highest BCUT2D eigenvalue weighted by molar-refractivity contribution is 8.00. The minimum atomic E-state index is -0.346. The summed E-state index contributed by atoms with van der Waals surface area (Å²) in [5, 5.41) is 8.80. The summed E-state index contributed by atoms with van der Waals surface area (Å²) in [5.74, 6) is -0.111. The maximum Gasteiger partial charge on any atom is 0.319 e. The number of esters is 1. The molecule has 1 saturated heterocycles. The molecule has 0 spiro atoms. The van der Waals surface area contributed by atoms with Crippen LogP contribution in [-0.4, -0.2) is 32.1 Å². The predicted molar refractivity (Wildman–Crippen MR) is 105 cm³/mol. The zero-order valence-electron chi connectivity index (χ0n) is 15.4. The molecular weight excluding hydrogens is 377 g/mol. The first kappa shape index (κ1) is 18.7. The lowest BCUT2D eigenvalue weighted by Gasteiger charge is -2.12. The van der Waals surface area contributed by atoms with Crippen molar-refractivity contribution in [2.75, 3.05) is 0 Å². The Morgan fingerprint density at radius 3 is 2.61 bits per heavy atom. The predicted octanol–water partition coefficient (Wildman–Crippen LogP) is 4.12. The Bertz CT molecular complexity index is 977. The van der Waals surface area contributed by atoms with Gasteiger partial charge in [-0.3, -0.25) is 4.79 Å². The van der Waals surface area contributed by atoms with Crippen LogP contribution in [0.2, 0.25) is 0 Å². The van der Waals surface area contributed by atoms with Gasteiger partial charge in [-0.2, -0.15) is 0 Å². The molecule has 5 nitrogen and oxygen atoms in total. The van der Waals surface area contributed by atoms with Gasteiger partial charge in [0.25, 0.3) is 0 Å². The second-order valence-corrected chi connectivity index (χ2v) is 7.93. The second-order valence-electron chi connectivity index (χ2n) is 6.76. The molecule has 0 radical (unpaired) electrons. The van der Waals surface area contributed by atoms with Crippen LogP contribution in [0.3, 0.4) is 0 Å². The third kappa shape index (κ3) is 3.94. The summed E-state index contributed by atoms with van der Waals surface area (Å²) >= 11 is 1.34. The highest BCUT2D eigenvalue weighted by atomic mass is 32.2. The van der Waals surface area contributed by atoms with Gasteiger partial charge in [-0.1, -0.05) is 54.2 Å². The number of benzene rings is 2. The van der Waals surface area contributed by atoms with Gasteiger partial charge >= 0.3 is 5.97 Å². The molecule has 3 aromatic rings. The molecule has 144 valence electrons. The quantitative estimate of drug-likeness (QED) is 0.586. The Balaban J connectivity index is 1.65. The van der Waals surface area contributed by atoms with Gasteiger partial charge in [0.1, 0.15) is 17.2 Å². The van der Waals surface area contributed by atoms with Crippen LogP contribution < -0.4 is 0 Å². The van der Waals surface area contributed by atoms with Gasteiger partial charge in [-0.25, -0.2) is 4.39 Å². The average molecular weight is 397 g/mol. The minimum absolute atomic E-state index is 0.100. The normalized spacial score (nSPS) is 19.0. The summed E-state index contributed by atoms with van der Waals surface area (Å²) in [6, 6.07) is 16.6. The first-order valence-corrected chi connectivity index (χ1v) is 10.1. The van der Waals surface area contributed by atoms with Crippen molar-refractivity contribution in [2.45, 2.75) is 42.8 Å². The molecule has 7 heteroatoms. The minimum Gasteiger partial charge on any atom is -0.462 e. The molecule has 2 atom stereocenters. The zero-order chi connectivity index (χ0) is 19.5. The van der Waals surface area contributed by atoms with Crippen LogP contribution in [0.5, 0.6) is 0 Å². The molecule has 1 aliphatic heterocycles. The molecule has 0 aliphatic carbocycles. The molecule has 0 N–H and O–H groups in total. The van der Waals surface area contributed by atoms with Crippen LogP contribution in [0.15, 0.2) is 59.8 Å². The van der Waals surface area contributed by atoms with Crippen molar-refractivity contribution >= 4 is 17.7 Å². The summed E-state index contributed by atoms with van der Waals surface area (Å²) in [6.07, 6.45) is 1.28. The van der Waals surface area contributed by atoms with E-state index in [9.17, 15) is 9.18 Å². The Labute approximate surface area is 166 Å². The monoisotopic (exact) mass is 397 g/mol. The number of ether oxygens (including phenoxy) is 1. The van der Waals surface area contributed by atoms with Crippen molar-refractivity contribution in [2.24, 2.45) is 0 Å². The fraction of sp³-hybridized carbons (Fsp3) is 0.286. The fourth-order valence-electron chi connectivity index (χ4n) is 3.25. The van der Waals surface area contributed by atoms with Crippen molar-refractivity contribution in [3.63, 3.8) is 0 Å². The van der Waals surface area contributed by atoms with Crippen LogP contribution in [0.25, 0.3) is 11.4 Å². The molecule has 0 bridgehead atoms. The van der Waals surface area contributed by atoms with Gasteiger partial charge in [0.05, 0.1) is 5.56 Å². The zero-order valence-corrected chi connectivity index (χ0v) is 16.2. The van der Waals surface area contributed by atoms with Crippen LogP contribution in [0.1, 0.15) is 18.9 Å². The van der Waals surface area contributed by atoms with E-state index in [0.717, 1.165) is 6.42 Å². The maximum atomic E-state index is 14.4. The number of aryl methyl sites for hydroxylation is 1. The van der Waals surface area contributed by atoms with E-state index in [1.54, 1.807) is 18.2 Å². The molecule has 4 rings (SSSR count). The summed E-state index contributed by atoms with van der Waals surface area (Å²) in [4.78, 5) is 12.1. The average Bonchev–Trinajstić information content (AvgIpc) is 3.23. The van der Waals surface area contributed by atoms with Crippen molar-refractivity contribution in [3.8, 4) is 11.4 Å². The number of carbonyl (C=O) groups excluding carboxylic acids is 1. The van der Waals surface area contributed by atoms with Gasteiger partial charge in [0, 0.05) is 13.0 Å². The fourth-order valence-corrected chi connectivity index (χ4v) is 4.41. The Morgan fingerprint density at radius 1 is 1.14 bits per heavy atom. The molecule has 2 aromatic carbocycles. The van der Waals surface area contributed by atoms with Crippen LogP contribution >= 0.6 is 11.8 Å². The third-order valence-corrected chi connectivity index (χ3v) is 5.85. The Kier molecular flexibility index (Phi) is 5.43. The standard InChI is InChI=1S/C21H20FN3O2S/c1-14-13-18(20(26)27-14)28-21-24-23-19(16-9-5-6-10-17(16)22)25(21)12-11-15-7-3-2-4-8-15/h2-10,14,18H,11-13H2,1H3/t14-,18-/m0/s1. The number of cyclic esters (lactones) is 1. The van der Waals surface area contributed by atoms with Gasteiger partial charge in [-0.05, 0) is 31.0 Å². The SMILES string of the molecule is C[C@H]1C[C@H](Sc2nnc(-c3ccccc3F)n2CCc2ccccc2)C(=O)O1. The molecule has 0 unspecified atom stereocenters. The third-order valence-electron chi connectivity index (χ3n) is 4.67. The van der Waals surface area contributed by atoms with Gasteiger partial charge in [0.2, 0.25) is 0 Å². The van der Waals surface area contributed by atoms with Crippen molar-refractivity contribution in [3.05, 3.63) is 66.0 Å². The number of halogens is 1. The van der Waals surface area contributed by atoms with Gasteiger partial charge in [-0.15, -0.1) is 10.2 Å². The van der Waals surface area contributed by atoms with Crippen molar-refractivity contribution in [1.29, 1.82) is 0 Å². The van der Waals surface area contributed by atoms with Crippen molar-refractivity contribution in [1.82, 2.24) is 14.8 Å². The van der Waals surface area contributed by atoms with E-state index < -0.39 is 0 Å². The van der Waals surface area contributed by atoms with Crippen molar-refractivity contribution < 1.29 is 13.9 Å². The lowest BCUT2D eigenvalue weighted by molar-refractivity contribution is -0.140. The number of rotatable bonds is 6. The van der Waals surface area contributed by atoms with E-state index in [1.807, 2.05) is 29.7 Å². The van der Waals surface area contributed by atoms with Crippen LogP contribution in [0.4, 0.5) is 4.39 Å². The summed E-state index contributed by atoms with van der Waals surface area (Å²) < 4.78 is 21.5. The topological polar surface area (TPSA) is 57.0 Å². The van der Waals surface area contributed by atoms with Crippen LogP contribution in [0, 0.1) is 5.82 Å². The Morgan fingerprint density at radius 2 is 1.89 bits per heavy atom. The number of thioether (sulfide) groups is 1. The largest absolute Gasteiger partial charge is 0.462 e. The summed E-state index contributed by atoms with van der Waals surface area (Å²) in [7, 11) is 0. The van der Waals surface area contributed by atoms with E-state index in [2.05, 4.69) is 22.3 Å². The molecule has 1 fully saturated rings. The van der Waals surface area contributed by atoms with E-state index in [1.165, 1.54) is 23.4 Å². The number of hydrogen-bond donors (Lipinski definition) is 0. The van der Waals surface area contributed by atoms with Gasteiger partial charge in [0.15, 0.2) is 11.0 Å². The molecular formula is C21H20FN3O2S. The van der Waals surface area contributed by atoms with Crippen LogP contribution in [-0.2, 0) is 22.5 Å². The summed E-state index contributed by atoms with van der Waals surface area (Å²) in [5.41, 5.74) is 1.57. The molecule has 1 aromatic heterocycles. The number of nitrogens with zero attached hydrogens (tertiary/aromatic N) is 3. The lowest BCUT2D eigenvalue weighted by atomic mass is 10.1. The maximum absolute atomic E-state index is 14.4. The Hall–Kier alpha value is -2.67. The van der Waals surface area contributed by atoms with E-state index in [4.69, 9.17) is 4.74 Å². The first-order valence-electron chi connectivity index (χ1n) is 9.21. The molecule has 1 aliphatic rings. The first-order chi connectivity index (χ1) is 13.6. The van der Waals surface area contributed by atoms with E-state index >= 15 is 0 Å².